The van der Waals surface area contributed by atoms with Crippen LogP contribution in [-0.4, -0.2) is 38.5 Å². The number of rotatable bonds is 2. The highest BCUT2D eigenvalue weighted by molar-refractivity contribution is 6.05. The standard InChI is InChI=1S/C24H24F3N3O2/c25-24(26,27)22-28-18-11-6-9-16(20(18)29-22)21(31)30-14-13-23(32,15-7-2-1-3-8-15)17-10-4-5-12-19(17)30/h1-3,6-9,11,17,19,32H,4-5,10,12-14H2,(H,28,29)/t17-,19+,23-/m0/s1. The van der Waals surface area contributed by atoms with E-state index in [1.807, 2.05) is 30.3 Å². The lowest BCUT2D eigenvalue weighted by molar-refractivity contribution is -0.144. The van der Waals surface area contributed by atoms with E-state index in [1.165, 1.54) is 12.1 Å². The number of amides is 1. The lowest BCUT2D eigenvalue weighted by Gasteiger charge is -2.52. The Morgan fingerprint density at radius 3 is 2.59 bits per heavy atom. The van der Waals surface area contributed by atoms with Crippen molar-refractivity contribution in [3.05, 3.63) is 65.5 Å². The molecule has 168 valence electrons. The number of carbonyl (C=O) groups excluding carboxylic acids is 1. The fourth-order valence-corrected chi connectivity index (χ4v) is 5.51. The van der Waals surface area contributed by atoms with Crippen LogP contribution in [-0.2, 0) is 11.8 Å². The molecule has 2 aliphatic rings. The summed E-state index contributed by atoms with van der Waals surface area (Å²) < 4.78 is 39.5. The predicted molar refractivity (Wildman–Crippen MR) is 113 cm³/mol. The molecule has 2 aromatic carbocycles. The van der Waals surface area contributed by atoms with Crippen LogP contribution in [0.2, 0.25) is 0 Å². The summed E-state index contributed by atoms with van der Waals surface area (Å²) in [4.78, 5) is 21.3. The third-order valence-electron chi connectivity index (χ3n) is 7.02. The van der Waals surface area contributed by atoms with E-state index in [2.05, 4.69) is 9.97 Å². The Balaban J connectivity index is 1.51. The molecule has 1 aromatic heterocycles. The number of likely N-dealkylation sites (tertiary alicyclic amines) is 1. The number of halogens is 3. The van der Waals surface area contributed by atoms with E-state index >= 15 is 0 Å². The van der Waals surface area contributed by atoms with Gasteiger partial charge in [0.2, 0.25) is 5.82 Å². The fraction of sp³-hybridized carbons (Fsp3) is 0.417. The van der Waals surface area contributed by atoms with Gasteiger partial charge in [0.1, 0.15) is 5.52 Å². The number of imidazole rings is 1. The molecule has 5 rings (SSSR count). The number of aromatic amines is 1. The highest BCUT2D eigenvalue weighted by Gasteiger charge is 2.50. The van der Waals surface area contributed by atoms with Crippen molar-refractivity contribution in [2.75, 3.05) is 6.54 Å². The second kappa shape index (κ2) is 7.62. The van der Waals surface area contributed by atoms with E-state index < -0.39 is 17.6 Å². The van der Waals surface area contributed by atoms with Gasteiger partial charge >= 0.3 is 6.18 Å². The van der Waals surface area contributed by atoms with Crippen molar-refractivity contribution in [1.82, 2.24) is 14.9 Å². The Morgan fingerprint density at radius 1 is 1.09 bits per heavy atom. The average Bonchev–Trinajstić information content (AvgIpc) is 3.25. The smallest absolute Gasteiger partial charge is 0.385 e. The minimum absolute atomic E-state index is 0.0288. The van der Waals surface area contributed by atoms with Gasteiger partial charge in [0.15, 0.2) is 0 Å². The molecule has 0 radical (unpaired) electrons. The zero-order valence-corrected chi connectivity index (χ0v) is 17.4. The number of fused-ring (bicyclic) bond motifs is 2. The van der Waals surface area contributed by atoms with E-state index in [0.717, 1.165) is 31.2 Å². The second-order valence-electron chi connectivity index (χ2n) is 8.78. The topological polar surface area (TPSA) is 69.2 Å². The number of carbonyl (C=O) groups is 1. The summed E-state index contributed by atoms with van der Waals surface area (Å²) >= 11 is 0. The third kappa shape index (κ3) is 3.37. The summed E-state index contributed by atoms with van der Waals surface area (Å²) in [5.74, 6) is -1.57. The maximum atomic E-state index is 13.6. The summed E-state index contributed by atoms with van der Waals surface area (Å²) in [5, 5.41) is 11.7. The summed E-state index contributed by atoms with van der Waals surface area (Å²) in [6.45, 7) is 0.332. The number of hydrogen-bond acceptors (Lipinski definition) is 3. The number of aliphatic hydroxyl groups is 1. The van der Waals surface area contributed by atoms with Crippen LogP contribution < -0.4 is 0 Å². The highest BCUT2D eigenvalue weighted by atomic mass is 19.4. The van der Waals surface area contributed by atoms with Crippen molar-refractivity contribution in [3.63, 3.8) is 0 Å². The molecule has 1 saturated heterocycles. The van der Waals surface area contributed by atoms with Gasteiger partial charge in [-0.05, 0) is 37.0 Å². The Kier molecular flexibility index (Phi) is 5.00. The second-order valence-corrected chi connectivity index (χ2v) is 8.78. The van der Waals surface area contributed by atoms with E-state index in [1.54, 1.807) is 11.0 Å². The number of benzene rings is 2. The quantitative estimate of drug-likeness (QED) is 0.594. The number of H-pyrrole nitrogens is 1. The summed E-state index contributed by atoms with van der Waals surface area (Å²) in [7, 11) is 0. The average molecular weight is 443 g/mol. The molecule has 1 aliphatic heterocycles. The largest absolute Gasteiger partial charge is 0.449 e. The third-order valence-corrected chi connectivity index (χ3v) is 7.02. The minimum Gasteiger partial charge on any atom is -0.385 e. The van der Waals surface area contributed by atoms with Gasteiger partial charge in [0, 0.05) is 18.5 Å². The van der Waals surface area contributed by atoms with Gasteiger partial charge in [-0.15, -0.1) is 0 Å². The molecular formula is C24H24F3N3O2. The Hall–Kier alpha value is -2.87. The zero-order chi connectivity index (χ0) is 22.5. The molecule has 0 bridgehead atoms. The van der Waals surface area contributed by atoms with Crippen molar-refractivity contribution >= 4 is 16.9 Å². The van der Waals surface area contributed by atoms with Gasteiger partial charge in [0.05, 0.1) is 16.7 Å². The molecule has 8 heteroatoms. The van der Waals surface area contributed by atoms with Gasteiger partial charge in [-0.2, -0.15) is 13.2 Å². The Labute approximate surface area is 183 Å². The molecule has 0 spiro atoms. The van der Waals surface area contributed by atoms with E-state index in [0.29, 0.717) is 13.0 Å². The molecule has 2 heterocycles. The first-order valence-electron chi connectivity index (χ1n) is 10.9. The van der Waals surface area contributed by atoms with Gasteiger partial charge in [-0.25, -0.2) is 4.98 Å². The maximum Gasteiger partial charge on any atom is 0.449 e. The van der Waals surface area contributed by atoms with Crippen LogP contribution in [0.1, 0.15) is 53.8 Å². The molecular weight excluding hydrogens is 419 g/mol. The van der Waals surface area contributed by atoms with Crippen molar-refractivity contribution in [1.29, 1.82) is 0 Å². The molecule has 3 atom stereocenters. The summed E-state index contributed by atoms with van der Waals surface area (Å²) in [6, 6.07) is 14.0. The first-order chi connectivity index (χ1) is 15.3. The lowest BCUT2D eigenvalue weighted by Crippen LogP contribution is -2.59. The van der Waals surface area contributed by atoms with Crippen LogP contribution in [0.25, 0.3) is 11.0 Å². The van der Waals surface area contributed by atoms with Crippen LogP contribution in [0, 0.1) is 5.92 Å². The molecule has 3 aromatic rings. The highest BCUT2D eigenvalue weighted by Crippen LogP contribution is 2.47. The SMILES string of the molecule is O=C(c1cccc2[nH]c(C(F)(F)F)nc12)N1CC[C@](O)(c2ccccc2)[C@H]2CCCC[C@H]21. The van der Waals surface area contributed by atoms with Crippen molar-refractivity contribution in [2.45, 2.75) is 49.9 Å². The number of alkyl halides is 3. The van der Waals surface area contributed by atoms with Crippen LogP contribution in [0.4, 0.5) is 13.2 Å². The molecule has 1 amide bonds. The monoisotopic (exact) mass is 443 g/mol. The van der Waals surface area contributed by atoms with Crippen LogP contribution in [0.3, 0.4) is 0 Å². The molecule has 2 N–H and O–H groups in total. The van der Waals surface area contributed by atoms with Crippen molar-refractivity contribution in [3.8, 4) is 0 Å². The number of hydrogen-bond donors (Lipinski definition) is 2. The van der Waals surface area contributed by atoms with Gasteiger partial charge < -0.3 is 15.0 Å². The summed E-state index contributed by atoms with van der Waals surface area (Å²) in [5.41, 5.74) is 0.199. The Morgan fingerprint density at radius 2 is 1.84 bits per heavy atom. The van der Waals surface area contributed by atoms with Crippen molar-refractivity contribution in [2.24, 2.45) is 5.92 Å². The number of nitrogens with one attached hydrogen (secondary N) is 1. The normalized spacial score (nSPS) is 26.2. The van der Waals surface area contributed by atoms with E-state index in [9.17, 15) is 23.1 Å². The molecule has 5 nitrogen and oxygen atoms in total. The molecule has 32 heavy (non-hydrogen) atoms. The first-order valence-corrected chi connectivity index (χ1v) is 10.9. The molecule has 2 fully saturated rings. The maximum absolute atomic E-state index is 13.6. The van der Waals surface area contributed by atoms with Crippen LogP contribution in [0.15, 0.2) is 48.5 Å². The number of para-hydroxylation sites is 1. The fourth-order valence-electron chi connectivity index (χ4n) is 5.51. The predicted octanol–water partition coefficient (Wildman–Crippen LogP) is 4.87. The van der Waals surface area contributed by atoms with Gasteiger partial charge in [0.25, 0.3) is 5.91 Å². The number of aromatic nitrogens is 2. The number of nitrogens with zero attached hydrogens (tertiary/aromatic N) is 2. The molecule has 1 aliphatic carbocycles. The molecule has 0 unspecified atom stereocenters. The van der Waals surface area contributed by atoms with Crippen LogP contribution >= 0.6 is 0 Å². The zero-order valence-electron chi connectivity index (χ0n) is 17.4. The lowest BCUT2D eigenvalue weighted by atomic mass is 9.66. The van der Waals surface area contributed by atoms with E-state index in [4.69, 9.17) is 0 Å². The van der Waals surface area contributed by atoms with Gasteiger partial charge in [-0.1, -0.05) is 49.2 Å². The van der Waals surface area contributed by atoms with Gasteiger partial charge in [-0.3, -0.25) is 4.79 Å². The van der Waals surface area contributed by atoms with Crippen molar-refractivity contribution < 1.29 is 23.1 Å². The number of piperidine rings is 1. The minimum atomic E-state index is -4.62. The van der Waals surface area contributed by atoms with E-state index in [-0.39, 0.29) is 34.5 Å². The summed E-state index contributed by atoms with van der Waals surface area (Å²) in [6.07, 6.45) is -0.761. The Bertz CT molecular complexity index is 1140. The van der Waals surface area contributed by atoms with Crippen LogP contribution in [0.5, 0.6) is 0 Å². The molecule has 1 saturated carbocycles. The first kappa shape index (κ1) is 21.0.